The summed E-state index contributed by atoms with van der Waals surface area (Å²) >= 11 is 8.84. The molecule has 1 unspecified atom stereocenters. The van der Waals surface area contributed by atoms with Gasteiger partial charge in [-0.15, -0.1) is 21.5 Å². The molecule has 32 heavy (non-hydrogen) atoms. The van der Waals surface area contributed by atoms with E-state index in [0.29, 0.717) is 26.9 Å². The monoisotopic (exact) mass is 485 g/mol. The zero-order valence-electron chi connectivity index (χ0n) is 17.4. The largest absolute Gasteiger partial charge is 0.484 e. The molecule has 2 aromatic heterocycles. The molecule has 0 aliphatic carbocycles. The Labute approximate surface area is 198 Å². The first-order valence-corrected chi connectivity index (χ1v) is 11.9. The minimum Gasteiger partial charge on any atom is -0.484 e. The van der Waals surface area contributed by atoms with E-state index in [-0.39, 0.29) is 17.8 Å². The standard InChI is InChI=1S/C22H20ClN5O2S2/c1-14(20(29)25-21-24-17(13-31-21)15-8-4-3-5-9-15)32-22-27-26-19(28(22)2)12-30-18-11-7-6-10-16(18)23/h3-11,13-14H,12H2,1-2H3,(H,24,25,29). The van der Waals surface area contributed by atoms with Gasteiger partial charge in [-0.05, 0) is 19.1 Å². The highest BCUT2D eigenvalue weighted by molar-refractivity contribution is 8.00. The lowest BCUT2D eigenvalue weighted by atomic mass is 10.2. The highest BCUT2D eigenvalue weighted by Gasteiger charge is 2.20. The second-order valence-electron chi connectivity index (χ2n) is 6.83. The molecule has 4 aromatic rings. The lowest BCUT2D eigenvalue weighted by molar-refractivity contribution is -0.115. The van der Waals surface area contributed by atoms with Crippen LogP contribution in [0.3, 0.4) is 0 Å². The number of nitrogens with one attached hydrogen (secondary N) is 1. The van der Waals surface area contributed by atoms with Crippen LogP contribution in [0.1, 0.15) is 12.7 Å². The van der Waals surface area contributed by atoms with Gasteiger partial charge in [0.05, 0.1) is 16.0 Å². The van der Waals surface area contributed by atoms with Crippen LogP contribution < -0.4 is 10.1 Å². The zero-order chi connectivity index (χ0) is 22.5. The maximum atomic E-state index is 12.7. The number of rotatable bonds is 8. The van der Waals surface area contributed by atoms with E-state index >= 15 is 0 Å². The molecule has 1 N–H and O–H groups in total. The van der Waals surface area contributed by atoms with Crippen molar-refractivity contribution in [2.24, 2.45) is 7.05 Å². The van der Waals surface area contributed by atoms with E-state index in [1.54, 1.807) is 12.1 Å². The Morgan fingerprint density at radius 2 is 1.94 bits per heavy atom. The van der Waals surface area contributed by atoms with Gasteiger partial charge < -0.3 is 14.6 Å². The predicted molar refractivity (Wildman–Crippen MR) is 128 cm³/mol. The van der Waals surface area contributed by atoms with E-state index in [4.69, 9.17) is 16.3 Å². The number of hydrogen-bond acceptors (Lipinski definition) is 7. The number of thioether (sulfide) groups is 1. The summed E-state index contributed by atoms with van der Waals surface area (Å²) < 4.78 is 7.54. The van der Waals surface area contributed by atoms with E-state index in [1.165, 1.54) is 23.1 Å². The van der Waals surface area contributed by atoms with Crippen LogP contribution in [0.4, 0.5) is 5.13 Å². The first-order valence-electron chi connectivity index (χ1n) is 9.75. The number of ether oxygens (including phenoxy) is 1. The van der Waals surface area contributed by atoms with Gasteiger partial charge in [-0.25, -0.2) is 4.98 Å². The van der Waals surface area contributed by atoms with Crippen LogP contribution in [0.15, 0.2) is 65.1 Å². The Bertz CT molecular complexity index is 1210. The second-order valence-corrected chi connectivity index (χ2v) is 9.40. The second kappa shape index (κ2) is 10.2. The quantitative estimate of drug-likeness (QED) is 0.341. The Balaban J connectivity index is 1.34. The number of hydrogen-bond donors (Lipinski definition) is 1. The first kappa shape index (κ1) is 22.3. The summed E-state index contributed by atoms with van der Waals surface area (Å²) in [6, 6.07) is 17.1. The average Bonchev–Trinajstić information content (AvgIpc) is 3.41. The lowest BCUT2D eigenvalue weighted by Gasteiger charge is -2.10. The number of halogens is 1. The van der Waals surface area contributed by atoms with Gasteiger partial charge in [0.25, 0.3) is 0 Å². The Hall–Kier alpha value is -2.88. The molecule has 0 aliphatic rings. The SMILES string of the molecule is CC(Sc1nnc(COc2ccccc2Cl)n1C)C(=O)Nc1nc(-c2ccccc2)cs1. The summed E-state index contributed by atoms with van der Waals surface area (Å²) in [5, 5.41) is 14.5. The molecule has 2 heterocycles. The normalized spacial score (nSPS) is 11.8. The van der Waals surface area contributed by atoms with Crippen molar-refractivity contribution in [3.63, 3.8) is 0 Å². The van der Waals surface area contributed by atoms with Gasteiger partial charge >= 0.3 is 0 Å². The number of carbonyl (C=O) groups is 1. The van der Waals surface area contributed by atoms with Gasteiger partial charge in [0.15, 0.2) is 16.1 Å². The molecule has 0 aliphatic heterocycles. The molecular weight excluding hydrogens is 466 g/mol. The maximum absolute atomic E-state index is 12.7. The maximum Gasteiger partial charge on any atom is 0.239 e. The lowest BCUT2D eigenvalue weighted by Crippen LogP contribution is -2.22. The van der Waals surface area contributed by atoms with Gasteiger partial charge in [-0.1, -0.05) is 65.8 Å². The van der Waals surface area contributed by atoms with Crippen molar-refractivity contribution in [1.29, 1.82) is 0 Å². The molecule has 4 rings (SSSR count). The smallest absolute Gasteiger partial charge is 0.239 e. The molecule has 164 valence electrons. The molecule has 0 bridgehead atoms. The number of aromatic nitrogens is 4. The summed E-state index contributed by atoms with van der Waals surface area (Å²) in [5.41, 5.74) is 1.85. The van der Waals surface area contributed by atoms with Crippen LogP contribution in [-0.4, -0.2) is 30.9 Å². The van der Waals surface area contributed by atoms with Crippen molar-refractivity contribution < 1.29 is 9.53 Å². The van der Waals surface area contributed by atoms with Crippen molar-refractivity contribution >= 4 is 45.7 Å². The predicted octanol–water partition coefficient (Wildman–Crippen LogP) is 5.29. The van der Waals surface area contributed by atoms with Crippen molar-refractivity contribution in [2.45, 2.75) is 23.9 Å². The van der Waals surface area contributed by atoms with Gasteiger partial charge in [-0.2, -0.15) is 0 Å². The number of benzene rings is 2. The van der Waals surface area contributed by atoms with Crippen molar-refractivity contribution in [2.75, 3.05) is 5.32 Å². The summed E-state index contributed by atoms with van der Waals surface area (Å²) in [5.74, 6) is 1.06. The first-order chi connectivity index (χ1) is 15.5. The van der Waals surface area contributed by atoms with E-state index in [0.717, 1.165) is 11.3 Å². The number of amides is 1. The average molecular weight is 486 g/mol. The fourth-order valence-electron chi connectivity index (χ4n) is 2.77. The van der Waals surface area contributed by atoms with E-state index < -0.39 is 0 Å². The van der Waals surface area contributed by atoms with Crippen molar-refractivity contribution in [3.05, 3.63) is 70.8 Å². The van der Waals surface area contributed by atoms with E-state index in [1.807, 2.05) is 66.4 Å². The van der Waals surface area contributed by atoms with Gasteiger partial charge in [0.1, 0.15) is 12.4 Å². The molecular formula is C22H20ClN5O2S2. The fourth-order valence-corrected chi connectivity index (χ4v) is 4.52. The zero-order valence-corrected chi connectivity index (χ0v) is 19.7. The molecule has 0 fully saturated rings. The summed E-state index contributed by atoms with van der Waals surface area (Å²) in [6.45, 7) is 2.04. The third-order valence-corrected chi connectivity index (χ3v) is 6.78. The Morgan fingerprint density at radius 1 is 1.19 bits per heavy atom. The minimum absolute atomic E-state index is 0.152. The van der Waals surface area contributed by atoms with Gasteiger partial charge in [0, 0.05) is 18.0 Å². The summed E-state index contributed by atoms with van der Waals surface area (Å²) in [4.78, 5) is 17.2. The third-order valence-electron chi connectivity index (χ3n) is 4.57. The molecule has 10 heteroatoms. The van der Waals surface area contributed by atoms with Crippen LogP contribution in [0.25, 0.3) is 11.3 Å². The fraction of sp³-hybridized carbons (Fsp3) is 0.182. The number of thiazole rings is 1. The highest BCUT2D eigenvalue weighted by atomic mass is 35.5. The topological polar surface area (TPSA) is 81.9 Å². The van der Waals surface area contributed by atoms with Crippen molar-refractivity contribution in [1.82, 2.24) is 19.7 Å². The number of carbonyl (C=O) groups excluding carboxylic acids is 1. The molecule has 0 saturated heterocycles. The highest BCUT2D eigenvalue weighted by Crippen LogP contribution is 2.28. The number of nitrogens with zero attached hydrogens (tertiary/aromatic N) is 4. The molecule has 1 amide bonds. The van der Waals surface area contributed by atoms with Crippen LogP contribution >= 0.6 is 34.7 Å². The summed E-state index contributed by atoms with van der Waals surface area (Å²) in [7, 11) is 1.84. The van der Waals surface area contributed by atoms with Crippen LogP contribution in [0.5, 0.6) is 5.75 Å². The Kier molecular flexibility index (Phi) is 7.09. The van der Waals surface area contributed by atoms with E-state index in [2.05, 4.69) is 20.5 Å². The van der Waals surface area contributed by atoms with Gasteiger partial charge in [0.2, 0.25) is 5.91 Å². The van der Waals surface area contributed by atoms with Crippen LogP contribution in [-0.2, 0) is 18.4 Å². The summed E-state index contributed by atoms with van der Waals surface area (Å²) in [6.07, 6.45) is 0. The van der Waals surface area contributed by atoms with Crippen molar-refractivity contribution in [3.8, 4) is 17.0 Å². The molecule has 0 saturated carbocycles. The molecule has 7 nitrogen and oxygen atoms in total. The van der Waals surface area contributed by atoms with Gasteiger partial charge in [-0.3, -0.25) is 4.79 Å². The molecule has 2 aromatic carbocycles. The third kappa shape index (κ3) is 5.29. The van der Waals surface area contributed by atoms with Crippen LogP contribution in [0, 0.1) is 0 Å². The Morgan fingerprint density at radius 3 is 2.72 bits per heavy atom. The molecule has 0 spiro atoms. The number of para-hydroxylation sites is 1. The minimum atomic E-state index is -0.390. The van der Waals surface area contributed by atoms with E-state index in [9.17, 15) is 4.79 Å². The van der Waals surface area contributed by atoms with Crippen LogP contribution in [0.2, 0.25) is 5.02 Å². The molecule has 1 atom stereocenters. The molecule has 0 radical (unpaired) electrons. The number of anilines is 1.